The fourth-order valence-electron chi connectivity index (χ4n) is 1.54. The van der Waals surface area contributed by atoms with Gasteiger partial charge >= 0.3 is 12.3 Å². The average molecular weight is 304 g/mol. The van der Waals surface area contributed by atoms with Gasteiger partial charge in [0.25, 0.3) is 0 Å². The lowest BCUT2D eigenvalue weighted by Gasteiger charge is -2.16. The van der Waals surface area contributed by atoms with Crippen LogP contribution in [0.2, 0.25) is 0 Å². The highest BCUT2D eigenvalue weighted by molar-refractivity contribution is 5.75. The number of benzene rings is 1. The summed E-state index contributed by atoms with van der Waals surface area (Å²) in [5, 5.41) is 14.9. The minimum atomic E-state index is -4.85. The number of rotatable bonds is 7. The zero-order chi connectivity index (χ0) is 15.9. The van der Waals surface area contributed by atoms with E-state index in [-0.39, 0.29) is 18.7 Å². The molecule has 0 aliphatic rings. The molecule has 0 heterocycles. The number of ether oxygens (including phenoxy) is 1. The van der Waals surface area contributed by atoms with Gasteiger partial charge in [0.05, 0.1) is 0 Å². The van der Waals surface area contributed by atoms with Gasteiger partial charge in [-0.15, -0.1) is 13.2 Å². The lowest BCUT2D eigenvalue weighted by molar-refractivity contribution is -0.274. The van der Waals surface area contributed by atoms with E-state index in [1.807, 2.05) is 0 Å². The Hall–Kier alpha value is -2.45. The molecule has 0 aromatic heterocycles. The molecule has 0 amide bonds. The summed E-state index contributed by atoms with van der Waals surface area (Å²) in [7, 11) is 0. The molecule has 0 saturated carbocycles. The number of aliphatic carboxylic acids is 1. The highest BCUT2D eigenvalue weighted by atomic mass is 19.4. The third-order valence-electron chi connectivity index (χ3n) is 2.30. The number of halogens is 3. The summed E-state index contributed by atoms with van der Waals surface area (Å²) in [6.45, 7) is 0.0738. The van der Waals surface area contributed by atoms with Gasteiger partial charge in [-0.05, 0) is 23.2 Å². The van der Waals surface area contributed by atoms with Crippen molar-refractivity contribution < 1.29 is 27.8 Å². The van der Waals surface area contributed by atoms with Crippen LogP contribution in [0.3, 0.4) is 0 Å². The normalized spacial score (nSPS) is 12.3. The lowest BCUT2D eigenvalue weighted by atomic mass is 10.1. The van der Waals surface area contributed by atoms with E-state index in [2.05, 4.69) is 20.1 Å². The summed E-state index contributed by atoms with van der Waals surface area (Å²) in [6, 6.07) is 3.41. The maximum absolute atomic E-state index is 12.1. The molecule has 0 aliphatic carbocycles. The van der Waals surface area contributed by atoms with Crippen LogP contribution in [0.4, 0.5) is 13.2 Å². The Bertz CT molecular complexity index is 544. The van der Waals surface area contributed by atoms with Crippen molar-refractivity contribution in [3.63, 3.8) is 0 Å². The number of hydrogen-bond acceptors (Lipinski definition) is 4. The summed E-state index contributed by atoms with van der Waals surface area (Å²) < 4.78 is 40.1. The summed E-state index contributed by atoms with van der Waals surface area (Å²) in [5.74, 6) is -1.79. The minimum Gasteiger partial charge on any atom is -0.480 e. The maximum atomic E-state index is 12.1. The highest BCUT2D eigenvalue weighted by Gasteiger charge is 2.31. The van der Waals surface area contributed by atoms with Gasteiger partial charge in [0.1, 0.15) is 11.8 Å². The molecule has 1 atom stereocenters. The zero-order valence-corrected chi connectivity index (χ0v) is 10.5. The van der Waals surface area contributed by atoms with E-state index in [0.717, 1.165) is 12.1 Å². The van der Waals surface area contributed by atoms with E-state index in [9.17, 15) is 18.0 Å². The van der Waals surface area contributed by atoms with Crippen molar-refractivity contribution in [1.82, 2.24) is 5.32 Å². The van der Waals surface area contributed by atoms with Gasteiger partial charge in [0.2, 0.25) is 0 Å². The first kappa shape index (κ1) is 16.6. The number of alkyl halides is 3. The number of carbonyl (C=O) groups is 1. The molecule has 21 heavy (non-hydrogen) atoms. The standard InChI is InChI=1S/C11H11F3N4O3/c12-11(13,14)21-8-3-1-2-7(6-8)9(10(19)20)16-4-5-17-18-15/h1-3,6,9,16H,4-5H2,(H,19,20). The summed E-state index contributed by atoms with van der Waals surface area (Å²) >= 11 is 0. The zero-order valence-electron chi connectivity index (χ0n) is 10.5. The topological polar surface area (TPSA) is 107 Å². The first-order chi connectivity index (χ1) is 9.83. The van der Waals surface area contributed by atoms with Crippen LogP contribution in [0.5, 0.6) is 5.75 Å². The van der Waals surface area contributed by atoms with Crippen LogP contribution in [-0.2, 0) is 4.79 Å². The van der Waals surface area contributed by atoms with E-state index in [1.165, 1.54) is 12.1 Å². The number of hydrogen-bond donors (Lipinski definition) is 2. The van der Waals surface area contributed by atoms with Gasteiger partial charge in [-0.1, -0.05) is 17.2 Å². The van der Waals surface area contributed by atoms with Gasteiger partial charge in [0.15, 0.2) is 0 Å². The highest BCUT2D eigenvalue weighted by Crippen LogP contribution is 2.25. The molecule has 10 heteroatoms. The quantitative estimate of drug-likeness (QED) is 0.349. The Balaban J connectivity index is 2.85. The van der Waals surface area contributed by atoms with Crippen molar-refractivity contribution in [3.8, 4) is 5.75 Å². The molecule has 0 bridgehead atoms. The molecule has 1 rings (SSSR count). The molecule has 2 N–H and O–H groups in total. The molecule has 0 aliphatic heterocycles. The Morgan fingerprint density at radius 1 is 1.52 bits per heavy atom. The summed E-state index contributed by atoms with van der Waals surface area (Å²) in [4.78, 5) is 13.6. The molecule has 7 nitrogen and oxygen atoms in total. The molecule has 1 unspecified atom stereocenters. The number of nitrogens with one attached hydrogen (secondary N) is 1. The Morgan fingerprint density at radius 2 is 2.24 bits per heavy atom. The SMILES string of the molecule is [N-]=[N+]=NCCNC(C(=O)O)c1cccc(OC(F)(F)F)c1. The van der Waals surface area contributed by atoms with Crippen molar-refractivity contribution in [3.05, 3.63) is 40.3 Å². The van der Waals surface area contributed by atoms with Gasteiger partial charge < -0.3 is 15.2 Å². The Labute approximate surface area is 117 Å². The van der Waals surface area contributed by atoms with Gasteiger partial charge in [-0.3, -0.25) is 4.79 Å². The maximum Gasteiger partial charge on any atom is 0.573 e. The van der Waals surface area contributed by atoms with Crippen LogP contribution in [0.1, 0.15) is 11.6 Å². The summed E-state index contributed by atoms with van der Waals surface area (Å²) in [5.41, 5.74) is 8.18. The van der Waals surface area contributed by atoms with Gasteiger partial charge in [-0.25, -0.2) is 0 Å². The molecule has 0 saturated heterocycles. The summed E-state index contributed by atoms with van der Waals surface area (Å²) in [6.07, 6.45) is -4.85. The fourth-order valence-corrected chi connectivity index (χ4v) is 1.54. The van der Waals surface area contributed by atoms with Crippen molar-refractivity contribution in [2.24, 2.45) is 5.11 Å². The number of azide groups is 1. The average Bonchev–Trinajstić information content (AvgIpc) is 2.36. The van der Waals surface area contributed by atoms with E-state index < -0.39 is 24.1 Å². The van der Waals surface area contributed by atoms with Crippen LogP contribution in [0, 0.1) is 0 Å². The predicted octanol–water partition coefficient (Wildman–Crippen LogP) is 2.61. The first-order valence-electron chi connectivity index (χ1n) is 5.66. The molecule has 0 spiro atoms. The second kappa shape index (κ2) is 7.36. The third kappa shape index (κ3) is 6.02. The third-order valence-corrected chi connectivity index (χ3v) is 2.30. The number of carboxylic acids is 1. The van der Waals surface area contributed by atoms with Crippen LogP contribution in [-0.4, -0.2) is 30.5 Å². The molecular weight excluding hydrogens is 293 g/mol. The predicted molar refractivity (Wildman–Crippen MR) is 65.5 cm³/mol. The van der Waals surface area contributed by atoms with Gasteiger partial charge in [-0.2, -0.15) is 0 Å². The number of carboxylic acid groups (broad SMARTS) is 1. The van der Waals surface area contributed by atoms with E-state index in [1.54, 1.807) is 0 Å². The minimum absolute atomic E-state index is 0.0129. The molecule has 1 aromatic rings. The van der Waals surface area contributed by atoms with E-state index in [0.29, 0.717) is 0 Å². The molecule has 1 aromatic carbocycles. The van der Waals surface area contributed by atoms with Crippen molar-refractivity contribution >= 4 is 5.97 Å². The molecule has 114 valence electrons. The van der Waals surface area contributed by atoms with Crippen LogP contribution in [0.25, 0.3) is 10.4 Å². The van der Waals surface area contributed by atoms with E-state index in [4.69, 9.17) is 10.6 Å². The fraction of sp³-hybridized carbons (Fsp3) is 0.364. The number of nitrogens with zero attached hydrogens (tertiary/aromatic N) is 3. The lowest BCUT2D eigenvalue weighted by Crippen LogP contribution is -2.30. The second-order valence-electron chi connectivity index (χ2n) is 3.80. The van der Waals surface area contributed by atoms with Crippen molar-refractivity contribution in [2.45, 2.75) is 12.4 Å². The Kier molecular flexibility index (Phi) is 5.82. The van der Waals surface area contributed by atoms with Crippen molar-refractivity contribution in [1.29, 1.82) is 0 Å². The Morgan fingerprint density at radius 3 is 2.81 bits per heavy atom. The van der Waals surface area contributed by atoms with E-state index >= 15 is 0 Å². The van der Waals surface area contributed by atoms with Gasteiger partial charge in [0, 0.05) is 18.0 Å². The first-order valence-corrected chi connectivity index (χ1v) is 5.66. The smallest absolute Gasteiger partial charge is 0.480 e. The van der Waals surface area contributed by atoms with Crippen LogP contribution in [0.15, 0.2) is 29.4 Å². The monoisotopic (exact) mass is 304 g/mol. The van der Waals surface area contributed by atoms with Crippen molar-refractivity contribution in [2.75, 3.05) is 13.1 Å². The molecule has 0 fully saturated rings. The largest absolute Gasteiger partial charge is 0.573 e. The molecular formula is C11H11F3N4O3. The van der Waals surface area contributed by atoms with Crippen LogP contribution < -0.4 is 10.1 Å². The molecule has 0 radical (unpaired) electrons. The van der Waals surface area contributed by atoms with Crippen LogP contribution >= 0.6 is 0 Å². The second-order valence-corrected chi connectivity index (χ2v) is 3.80.